The Kier molecular flexibility index (Phi) is 4.35. The van der Waals surface area contributed by atoms with Crippen LogP contribution in [-0.2, 0) is 13.0 Å². The fourth-order valence-electron chi connectivity index (χ4n) is 3.28. The number of halogens is 2. The maximum atomic E-state index is 14.0. The van der Waals surface area contributed by atoms with Crippen LogP contribution >= 0.6 is 0 Å². The average molecular weight is 369 g/mol. The molecular weight excluding hydrogens is 352 g/mol. The summed E-state index contributed by atoms with van der Waals surface area (Å²) in [6.07, 6.45) is 0.282. The Balaban J connectivity index is 1.55. The molecule has 0 radical (unpaired) electrons. The minimum atomic E-state index is -0.493. The maximum Gasteiger partial charge on any atom is 0.272 e. The molecule has 4 rings (SSSR count). The normalized spacial score (nSPS) is 13.4. The molecule has 27 heavy (non-hydrogen) atoms. The van der Waals surface area contributed by atoms with Gasteiger partial charge in [-0.15, -0.1) is 0 Å². The van der Waals surface area contributed by atoms with Crippen LogP contribution in [0.15, 0.2) is 42.5 Å². The van der Waals surface area contributed by atoms with E-state index in [1.807, 2.05) is 24.3 Å². The molecule has 0 saturated carbocycles. The molecule has 1 aliphatic rings. The Hall–Kier alpha value is -3.22. The number of aromatic amines is 1. The van der Waals surface area contributed by atoms with Gasteiger partial charge in [0.2, 0.25) is 0 Å². The molecule has 1 aliphatic heterocycles. The Morgan fingerprint density at radius 1 is 1.11 bits per heavy atom. The SMILES string of the molecule is COc1ccc(-c2cc(C(=O)N3CCc4c(F)ccc(F)c4C3)[nH]n2)cc1. The summed E-state index contributed by atoms with van der Waals surface area (Å²) in [4.78, 5) is 14.3. The molecular formula is C20H17F2N3O2. The summed E-state index contributed by atoms with van der Waals surface area (Å²) in [5, 5.41) is 6.93. The van der Waals surface area contributed by atoms with Crippen molar-refractivity contribution in [3.63, 3.8) is 0 Å². The number of H-pyrrole nitrogens is 1. The fraction of sp³-hybridized carbons (Fsp3) is 0.200. The predicted octanol–water partition coefficient (Wildman–Crippen LogP) is 3.56. The number of aromatic nitrogens is 2. The summed E-state index contributed by atoms with van der Waals surface area (Å²) in [7, 11) is 1.59. The first-order chi connectivity index (χ1) is 13.1. The first kappa shape index (κ1) is 17.2. The van der Waals surface area contributed by atoms with Crippen LogP contribution in [0, 0.1) is 11.6 Å². The second kappa shape index (κ2) is 6.83. The molecule has 0 unspecified atom stereocenters. The van der Waals surface area contributed by atoms with Crippen LogP contribution < -0.4 is 4.74 Å². The molecule has 0 spiro atoms. The van der Waals surface area contributed by atoms with E-state index >= 15 is 0 Å². The monoisotopic (exact) mass is 369 g/mol. The maximum absolute atomic E-state index is 14.0. The molecule has 0 saturated heterocycles. The van der Waals surface area contributed by atoms with Crippen molar-refractivity contribution in [2.24, 2.45) is 0 Å². The predicted molar refractivity (Wildman–Crippen MR) is 95.4 cm³/mol. The zero-order chi connectivity index (χ0) is 19.0. The number of fused-ring (bicyclic) bond motifs is 1. The number of hydrogen-bond acceptors (Lipinski definition) is 3. The molecule has 0 fully saturated rings. The summed E-state index contributed by atoms with van der Waals surface area (Å²) in [5.41, 5.74) is 2.35. The molecule has 0 atom stereocenters. The van der Waals surface area contributed by atoms with Gasteiger partial charge in [-0.1, -0.05) is 0 Å². The lowest BCUT2D eigenvalue weighted by Crippen LogP contribution is -2.37. The van der Waals surface area contributed by atoms with E-state index in [4.69, 9.17) is 4.74 Å². The van der Waals surface area contributed by atoms with Crippen LogP contribution in [0.1, 0.15) is 21.6 Å². The van der Waals surface area contributed by atoms with E-state index in [1.54, 1.807) is 13.2 Å². The second-order valence-corrected chi connectivity index (χ2v) is 6.36. The molecule has 0 bridgehead atoms. The number of hydrogen-bond donors (Lipinski definition) is 1. The Bertz CT molecular complexity index is 999. The van der Waals surface area contributed by atoms with Crippen molar-refractivity contribution in [3.8, 4) is 17.0 Å². The van der Waals surface area contributed by atoms with Gasteiger partial charge in [0, 0.05) is 24.2 Å². The number of benzene rings is 2. The van der Waals surface area contributed by atoms with Crippen molar-refractivity contribution in [1.82, 2.24) is 15.1 Å². The quantitative estimate of drug-likeness (QED) is 0.768. The van der Waals surface area contributed by atoms with E-state index in [2.05, 4.69) is 10.2 Å². The van der Waals surface area contributed by atoms with Crippen molar-refractivity contribution in [2.45, 2.75) is 13.0 Å². The Morgan fingerprint density at radius 3 is 2.52 bits per heavy atom. The Morgan fingerprint density at radius 2 is 1.81 bits per heavy atom. The van der Waals surface area contributed by atoms with Crippen LogP contribution in [-0.4, -0.2) is 34.7 Å². The van der Waals surface area contributed by atoms with Crippen molar-refractivity contribution in [2.75, 3.05) is 13.7 Å². The van der Waals surface area contributed by atoms with Gasteiger partial charge in [-0.2, -0.15) is 5.10 Å². The van der Waals surface area contributed by atoms with Crippen molar-refractivity contribution in [3.05, 3.63) is 70.9 Å². The summed E-state index contributed by atoms with van der Waals surface area (Å²) >= 11 is 0. The number of carbonyl (C=O) groups is 1. The lowest BCUT2D eigenvalue weighted by molar-refractivity contribution is 0.0725. The lowest BCUT2D eigenvalue weighted by Gasteiger charge is -2.28. The molecule has 2 heterocycles. The standard InChI is InChI=1S/C20H17F2N3O2/c1-27-13-4-2-12(3-5-13)18-10-19(24-23-18)20(26)25-9-8-14-15(11-25)17(22)7-6-16(14)21/h2-7,10H,8-9,11H2,1H3,(H,23,24). The van der Waals surface area contributed by atoms with Crippen LogP contribution in [0.2, 0.25) is 0 Å². The van der Waals surface area contributed by atoms with E-state index in [0.717, 1.165) is 23.4 Å². The van der Waals surface area contributed by atoms with Crippen molar-refractivity contribution >= 4 is 5.91 Å². The van der Waals surface area contributed by atoms with Crippen LogP contribution in [0.3, 0.4) is 0 Å². The van der Waals surface area contributed by atoms with Gasteiger partial charge in [0.05, 0.1) is 12.8 Å². The largest absolute Gasteiger partial charge is 0.497 e. The summed E-state index contributed by atoms with van der Waals surface area (Å²) < 4.78 is 33.0. The Labute approximate surface area is 154 Å². The highest BCUT2D eigenvalue weighted by molar-refractivity contribution is 5.93. The molecule has 7 heteroatoms. The van der Waals surface area contributed by atoms with Crippen LogP contribution in [0.5, 0.6) is 5.75 Å². The highest BCUT2D eigenvalue weighted by Crippen LogP contribution is 2.26. The van der Waals surface area contributed by atoms with Crippen LogP contribution in [0.25, 0.3) is 11.3 Å². The third-order valence-electron chi connectivity index (χ3n) is 4.78. The second-order valence-electron chi connectivity index (χ2n) is 6.36. The molecule has 3 aromatic rings. The third-order valence-corrected chi connectivity index (χ3v) is 4.78. The minimum absolute atomic E-state index is 0.0364. The summed E-state index contributed by atoms with van der Waals surface area (Å²) in [5.74, 6) is -0.488. The van der Waals surface area contributed by atoms with Gasteiger partial charge in [0.1, 0.15) is 23.1 Å². The van der Waals surface area contributed by atoms with E-state index in [9.17, 15) is 13.6 Å². The van der Waals surface area contributed by atoms with E-state index in [1.165, 1.54) is 4.90 Å². The number of nitrogens with zero attached hydrogens (tertiary/aromatic N) is 2. The van der Waals surface area contributed by atoms with E-state index in [0.29, 0.717) is 23.5 Å². The van der Waals surface area contributed by atoms with Gasteiger partial charge in [-0.3, -0.25) is 9.89 Å². The third kappa shape index (κ3) is 3.16. The molecule has 2 aromatic carbocycles. The molecule has 0 aliphatic carbocycles. The number of amides is 1. The van der Waals surface area contributed by atoms with Gasteiger partial charge >= 0.3 is 0 Å². The van der Waals surface area contributed by atoms with Crippen molar-refractivity contribution < 1.29 is 18.3 Å². The molecule has 5 nitrogen and oxygen atoms in total. The smallest absolute Gasteiger partial charge is 0.272 e. The molecule has 1 aromatic heterocycles. The van der Waals surface area contributed by atoms with E-state index in [-0.39, 0.29) is 24.4 Å². The highest BCUT2D eigenvalue weighted by Gasteiger charge is 2.27. The summed E-state index contributed by atoms with van der Waals surface area (Å²) in [6.45, 7) is 0.359. The molecule has 1 N–H and O–H groups in total. The van der Waals surface area contributed by atoms with Gasteiger partial charge in [0.15, 0.2) is 0 Å². The van der Waals surface area contributed by atoms with Crippen LogP contribution in [0.4, 0.5) is 8.78 Å². The first-order valence-electron chi connectivity index (χ1n) is 8.51. The molecule has 1 amide bonds. The zero-order valence-corrected chi connectivity index (χ0v) is 14.6. The van der Waals surface area contributed by atoms with Gasteiger partial charge in [-0.25, -0.2) is 8.78 Å². The average Bonchev–Trinajstić information content (AvgIpc) is 3.20. The topological polar surface area (TPSA) is 58.2 Å². The first-order valence-corrected chi connectivity index (χ1v) is 8.51. The van der Waals surface area contributed by atoms with Gasteiger partial charge in [-0.05, 0) is 54.4 Å². The molecule has 138 valence electrons. The minimum Gasteiger partial charge on any atom is -0.497 e. The van der Waals surface area contributed by atoms with Gasteiger partial charge in [0.25, 0.3) is 5.91 Å². The van der Waals surface area contributed by atoms with Gasteiger partial charge < -0.3 is 9.64 Å². The highest BCUT2D eigenvalue weighted by atomic mass is 19.1. The number of ether oxygens (including phenoxy) is 1. The number of rotatable bonds is 3. The number of carbonyl (C=O) groups excluding carboxylic acids is 1. The summed E-state index contributed by atoms with van der Waals surface area (Å²) in [6, 6.07) is 11.2. The number of nitrogens with one attached hydrogen (secondary N) is 1. The lowest BCUT2D eigenvalue weighted by atomic mass is 9.98. The zero-order valence-electron chi connectivity index (χ0n) is 14.6. The van der Waals surface area contributed by atoms with E-state index < -0.39 is 11.6 Å². The number of methoxy groups -OCH3 is 1. The fourth-order valence-corrected chi connectivity index (χ4v) is 3.28. The van der Waals surface area contributed by atoms with Crippen molar-refractivity contribution in [1.29, 1.82) is 0 Å².